The fourth-order valence-corrected chi connectivity index (χ4v) is 3.18. The van der Waals surface area contributed by atoms with Gasteiger partial charge in [0, 0.05) is 23.1 Å². The van der Waals surface area contributed by atoms with Gasteiger partial charge in [0.1, 0.15) is 5.75 Å². The van der Waals surface area contributed by atoms with Crippen molar-refractivity contribution in [3.05, 3.63) is 100 Å². The smallest absolute Gasteiger partial charge is 0.272 e. The van der Waals surface area contributed by atoms with Crippen LogP contribution in [0.1, 0.15) is 15.9 Å². The van der Waals surface area contributed by atoms with E-state index >= 15 is 0 Å². The first kappa shape index (κ1) is 20.7. The van der Waals surface area contributed by atoms with E-state index in [0.717, 1.165) is 5.56 Å². The van der Waals surface area contributed by atoms with Gasteiger partial charge in [0.25, 0.3) is 11.6 Å². The molecule has 1 amide bonds. The SMILES string of the molecule is COc1ccc2nc(-c3ccccc3)cc(C(=O)NN=Cc3ccc([N+](=O)[O-])cc3)c2c1. The lowest BCUT2D eigenvalue weighted by molar-refractivity contribution is -0.384. The first-order valence-corrected chi connectivity index (χ1v) is 9.67. The van der Waals surface area contributed by atoms with E-state index in [0.29, 0.717) is 33.5 Å². The first-order valence-electron chi connectivity index (χ1n) is 9.67. The minimum Gasteiger partial charge on any atom is -0.497 e. The van der Waals surface area contributed by atoms with Crippen molar-refractivity contribution in [2.45, 2.75) is 0 Å². The van der Waals surface area contributed by atoms with Crippen molar-refractivity contribution in [1.82, 2.24) is 10.4 Å². The van der Waals surface area contributed by atoms with Gasteiger partial charge in [-0.2, -0.15) is 5.10 Å². The second kappa shape index (κ2) is 9.05. The van der Waals surface area contributed by atoms with E-state index < -0.39 is 10.8 Å². The third-order valence-electron chi connectivity index (χ3n) is 4.81. The molecule has 0 saturated heterocycles. The molecule has 4 aromatic rings. The molecule has 0 bridgehead atoms. The lowest BCUT2D eigenvalue weighted by atomic mass is 10.0. The molecule has 0 spiro atoms. The number of nitro benzene ring substituents is 1. The van der Waals surface area contributed by atoms with Crippen LogP contribution in [0.2, 0.25) is 0 Å². The number of pyridine rings is 1. The number of aromatic nitrogens is 1. The molecule has 8 heteroatoms. The Kier molecular flexibility index (Phi) is 5.85. The molecule has 4 rings (SSSR count). The number of hydrogen-bond donors (Lipinski definition) is 1. The zero-order valence-electron chi connectivity index (χ0n) is 17.1. The molecule has 0 saturated carbocycles. The van der Waals surface area contributed by atoms with E-state index in [4.69, 9.17) is 4.74 Å². The Morgan fingerprint density at radius 3 is 2.50 bits per heavy atom. The summed E-state index contributed by atoms with van der Waals surface area (Å²) in [5.74, 6) is 0.191. The molecule has 0 aliphatic carbocycles. The van der Waals surface area contributed by atoms with E-state index in [1.165, 1.54) is 18.3 Å². The van der Waals surface area contributed by atoms with Crippen LogP contribution in [0.4, 0.5) is 5.69 Å². The van der Waals surface area contributed by atoms with Crippen LogP contribution in [-0.4, -0.2) is 29.1 Å². The van der Waals surface area contributed by atoms with Gasteiger partial charge < -0.3 is 4.74 Å². The molecule has 158 valence electrons. The van der Waals surface area contributed by atoms with Gasteiger partial charge in [-0.25, -0.2) is 10.4 Å². The summed E-state index contributed by atoms with van der Waals surface area (Å²) in [7, 11) is 1.56. The second-order valence-electron chi connectivity index (χ2n) is 6.85. The van der Waals surface area contributed by atoms with Crippen LogP contribution in [0, 0.1) is 10.1 Å². The van der Waals surface area contributed by atoms with Crippen molar-refractivity contribution in [1.29, 1.82) is 0 Å². The monoisotopic (exact) mass is 426 g/mol. The van der Waals surface area contributed by atoms with E-state index in [9.17, 15) is 14.9 Å². The number of non-ortho nitro benzene ring substituents is 1. The number of hydrazone groups is 1. The number of fused-ring (bicyclic) bond motifs is 1. The number of carbonyl (C=O) groups is 1. The topological polar surface area (TPSA) is 107 Å². The standard InChI is InChI=1S/C24H18N4O4/c1-32-19-11-12-22-20(13-19)21(14-23(26-22)17-5-3-2-4-6-17)24(29)27-25-15-16-7-9-18(10-8-16)28(30)31/h2-15H,1H3,(H,27,29). The number of amides is 1. The summed E-state index contributed by atoms with van der Waals surface area (Å²) in [6, 6.07) is 22.5. The van der Waals surface area contributed by atoms with Crippen LogP contribution in [-0.2, 0) is 0 Å². The molecule has 0 atom stereocenters. The maximum Gasteiger partial charge on any atom is 0.272 e. The number of benzene rings is 3. The van der Waals surface area contributed by atoms with Crippen molar-refractivity contribution < 1.29 is 14.5 Å². The van der Waals surface area contributed by atoms with E-state index in [-0.39, 0.29) is 5.69 Å². The number of ether oxygens (including phenoxy) is 1. The molecule has 0 aliphatic rings. The van der Waals surface area contributed by atoms with E-state index in [2.05, 4.69) is 15.5 Å². The predicted molar refractivity (Wildman–Crippen MR) is 122 cm³/mol. The largest absolute Gasteiger partial charge is 0.497 e. The number of rotatable bonds is 6. The van der Waals surface area contributed by atoms with Crippen LogP contribution < -0.4 is 10.2 Å². The summed E-state index contributed by atoms with van der Waals surface area (Å²) in [5.41, 5.74) is 5.71. The Balaban J connectivity index is 1.66. The zero-order chi connectivity index (χ0) is 22.5. The van der Waals surface area contributed by atoms with Crippen LogP contribution in [0.3, 0.4) is 0 Å². The molecule has 8 nitrogen and oxygen atoms in total. The molecule has 32 heavy (non-hydrogen) atoms. The van der Waals surface area contributed by atoms with Crippen LogP contribution >= 0.6 is 0 Å². The van der Waals surface area contributed by atoms with Gasteiger partial charge in [-0.3, -0.25) is 14.9 Å². The minimum atomic E-state index is -0.476. The van der Waals surface area contributed by atoms with Crippen molar-refractivity contribution >= 4 is 28.7 Å². The van der Waals surface area contributed by atoms with Crippen LogP contribution in [0.15, 0.2) is 84.0 Å². The third kappa shape index (κ3) is 4.44. The van der Waals surface area contributed by atoms with Crippen molar-refractivity contribution in [3.8, 4) is 17.0 Å². The molecular weight excluding hydrogens is 408 g/mol. The molecule has 1 heterocycles. The third-order valence-corrected chi connectivity index (χ3v) is 4.81. The molecule has 1 N–H and O–H groups in total. The van der Waals surface area contributed by atoms with Gasteiger partial charge in [-0.1, -0.05) is 30.3 Å². The average Bonchev–Trinajstić information content (AvgIpc) is 2.83. The predicted octanol–water partition coefficient (Wildman–Crippen LogP) is 4.58. The lowest BCUT2D eigenvalue weighted by Gasteiger charge is -2.10. The Bertz CT molecular complexity index is 1320. The fourth-order valence-electron chi connectivity index (χ4n) is 3.18. The fraction of sp³-hybridized carbons (Fsp3) is 0.0417. The van der Waals surface area contributed by atoms with E-state index in [1.807, 2.05) is 30.3 Å². The van der Waals surface area contributed by atoms with Gasteiger partial charge in [0.2, 0.25) is 0 Å². The quantitative estimate of drug-likeness (QED) is 0.276. The Morgan fingerprint density at radius 1 is 1.06 bits per heavy atom. The molecular formula is C24H18N4O4. The van der Waals surface area contributed by atoms with Gasteiger partial charge in [0.05, 0.1) is 35.0 Å². The number of nitro groups is 1. The van der Waals surface area contributed by atoms with Gasteiger partial charge in [-0.05, 0) is 42.0 Å². The minimum absolute atomic E-state index is 0.0168. The van der Waals surface area contributed by atoms with Gasteiger partial charge in [0.15, 0.2) is 0 Å². The van der Waals surface area contributed by atoms with Crippen molar-refractivity contribution in [2.24, 2.45) is 5.10 Å². The van der Waals surface area contributed by atoms with Gasteiger partial charge >= 0.3 is 0 Å². The molecule has 3 aromatic carbocycles. The molecule has 0 unspecified atom stereocenters. The number of hydrogen-bond acceptors (Lipinski definition) is 6. The Morgan fingerprint density at radius 2 is 1.81 bits per heavy atom. The van der Waals surface area contributed by atoms with Crippen molar-refractivity contribution in [2.75, 3.05) is 7.11 Å². The normalized spacial score (nSPS) is 10.9. The summed E-state index contributed by atoms with van der Waals surface area (Å²) in [6.45, 7) is 0. The number of methoxy groups -OCH3 is 1. The summed E-state index contributed by atoms with van der Waals surface area (Å²) in [4.78, 5) is 28.0. The highest BCUT2D eigenvalue weighted by Gasteiger charge is 2.14. The highest BCUT2D eigenvalue weighted by atomic mass is 16.6. The second-order valence-corrected chi connectivity index (χ2v) is 6.85. The average molecular weight is 426 g/mol. The highest BCUT2D eigenvalue weighted by molar-refractivity contribution is 6.07. The number of nitrogens with zero attached hydrogens (tertiary/aromatic N) is 3. The number of carbonyl (C=O) groups excluding carboxylic acids is 1. The van der Waals surface area contributed by atoms with Gasteiger partial charge in [-0.15, -0.1) is 0 Å². The molecule has 1 aromatic heterocycles. The highest BCUT2D eigenvalue weighted by Crippen LogP contribution is 2.27. The maximum absolute atomic E-state index is 13.0. The maximum atomic E-state index is 13.0. The summed E-state index contributed by atoms with van der Waals surface area (Å²) < 4.78 is 5.30. The summed E-state index contributed by atoms with van der Waals surface area (Å²) in [5, 5.41) is 15.4. The van der Waals surface area contributed by atoms with Crippen molar-refractivity contribution in [3.63, 3.8) is 0 Å². The molecule has 0 aliphatic heterocycles. The Hall–Kier alpha value is -4.59. The number of nitrogens with one attached hydrogen (secondary N) is 1. The Labute approximate surface area is 183 Å². The zero-order valence-corrected chi connectivity index (χ0v) is 17.1. The lowest BCUT2D eigenvalue weighted by Crippen LogP contribution is -2.18. The van der Waals surface area contributed by atoms with E-state index in [1.54, 1.807) is 43.5 Å². The first-order chi connectivity index (χ1) is 15.5. The molecule has 0 fully saturated rings. The molecule has 0 radical (unpaired) electrons. The van der Waals surface area contributed by atoms with Crippen LogP contribution in [0.5, 0.6) is 5.75 Å². The summed E-state index contributed by atoms with van der Waals surface area (Å²) in [6.07, 6.45) is 1.42. The van der Waals surface area contributed by atoms with Crippen LogP contribution in [0.25, 0.3) is 22.2 Å². The summed E-state index contributed by atoms with van der Waals surface area (Å²) >= 11 is 0.